The average Bonchev–Trinajstić information content (AvgIpc) is 3.15. The van der Waals surface area contributed by atoms with Crippen molar-refractivity contribution in [3.8, 4) is 5.75 Å². The van der Waals surface area contributed by atoms with E-state index in [-0.39, 0.29) is 6.10 Å². The predicted octanol–water partition coefficient (Wildman–Crippen LogP) is 2.85. The smallest absolute Gasteiger partial charge is 0.228 e. The minimum atomic E-state index is 0.0620. The van der Waals surface area contributed by atoms with Crippen molar-refractivity contribution in [1.82, 2.24) is 29.8 Å². The standard InChI is InChI=1S/C22H26N8O/c1-14(2)31-18-10-19(24-12-17(18)30-8-6-23-7-9-30)27-22-25-11-15-4-5-16-21(20(15)28-22)29(3)13-26-16/h4-5,10-14,23H,6-9H2,1-3H3,(H,24,25,27,28). The zero-order valence-corrected chi connectivity index (χ0v) is 18.0. The van der Waals surface area contributed by atoms with Gasteiger partial charge in [-0.25, -0.2) is 19.9 Å². The molecule has 1 fully saturated rings. The van der Waals surface area contributed by atoms with Crippen molar-refractivity contribution in [2.75, 3.05) is 36.4 Å². The Bertz CT molecular complexity index is 1230. The Hall–Kier alpha value is -3.46. The molecule has 0 unspecified atom stereocenters. The highest BCUT2D eigenvalue weighted by atomic mass is 16.5. The molecule has 1 saturated heterocycles. The number of ether oxygens (including phenoxy) is 1. The zero-order valence-electron chi connectivity index (χ0n) is 18.0. The summed E-state index contributed by atoms with van der Waals surface area (Å²) in [6.07, 6.45) is 5.54. The summed E-state index contributed by atoms with van der Waals surface area (Å²) >= 11 is 0. The molecule has 1 aliphatic rings. The van der Waals surface area contributed by atoms with Crippen molar-refractivity contribution in [3.63, 3.8) is 0 Å². The van der Waals surface area contributed by atoms with E-state index in [1.807, 2.05) is 56.1 Å². The van der Waals surface area contributed by atoms with Gasteiger partial charge in [0, 0.05) is 50.9 Å². The average molecular weight is 419 g/mol. The first kappa shape index (κ1) is 19.5. The summed E-state index contributed by atoms with van der Waals surface area (Å²) in [7, 11) is 1.97. The molecule has 160 valence electrons. The number of nitrogens with zero attached hydrogens (tertiary/aromatic N) is 6. The molecule has 4 heterocycles. The third kappa shape index (κ3) is 3.84. The van der Waals surface area contributed by atoms with Gasteiger partial charge in [-0.3, -0.25) is 0 Å². The van der Waals surface area contributed by atoms with E-state index in [2.05, 4.69) is 30.5 Å². The van der Waals surface area contributed by atoms with Crippen LogP contribution in [-0.2, 0) is 7.05 Å². The third-order valence-corrected chi connectivity index (χ3v) is 5.33. The molecule has 0 aliphatic carbocycles. The largest absolute Gasteiger partial charge is 0.489 e. The molecule has 9 nitrogen and oxygen atoms in total. The van der Waals surface area contributed by atoms with Gasteiger partial charge in [0.2, 0.25) is 5.95 Å². The van der Waals surface area contributed by atoms with Gasteiger partial charge >= 0.3 is 0 Å². The second kappa shape index (κ2) is 7.99. The number of aryl methyl sites for hydroxylation is 1. The fraction of sp³-hybridized carbons (Fsp3) is 0.364. The summed E-state index contributed by atoms with van der Waals surface area (Å²) in [5.74, 6) is 1.94. The summed E-state index contributed by atoms with van der Waals surface area (Å²) in [4.78, 5) is 20.6. The normalized spacial score (nSPS) is 14.5. The fourth-order valence-electron chi connectivity index (χ4n) is 3.89. The van der Waals surface area contributed by atoms with Crippen LogP contribution in [0.15, 0.2) is 36.9 Å². The molecule has 0 bridgehead atoms. The number of pyridine rings is 1. The molecule has 0 atom stereocenters. The molecule has 0 spiro atoms. The van der Waals surface area contributed by atoms with Crippen LogP contribution in [0.25, 0.3) is 21.9 Å². The van der Waals surface area contributed by atoms with Crippen LogP contribution in [0.5, 0.6) is 5.75 Å². The van der Waals surface area contributed by atoms with Gasteiger partial charge in [-0.2, -0.15) is 0 Å². The molecule has 0 saturated carbocycles. The van der Waals surface area contributed by atoms with Crippen LogP contribution >= 0.6 is 0 Å². The zero-order chi connectivity index (χ0) is 21.4. The first-order valence-electron chi connectivity index (χ1n) is 10.5. The number of anilines is 3. The SMILES string of the molecule is CC(C)Oc1cc(Nc2ncc3ccc4ncn(C)c4c3n2)ncc1N1CCNCC1. The summed E-state index contributed by atoms with van der Waals surface area (Å²) in [6.45, 7) is 7.82. The van der Waals surface area contributed by atoms with Crippen molar-refractivity contribution >= 4 is 39.4 Å². The van der Waals surface area contributed by atoms with E-state index in [4.69, 9.17) is 9.72 Å². The number of rotatable bonds is 5. The number of aromatic nitrogens is 5. The Balaban J connectivity index is 1.49. The van der Waals surface area contributed by atoms with Crippen LogP contribution in [0.2, 0.25) is 0 Å². The number of hydrogen-bond acceptors (Lipinski definition) is 8. The Morgan fingerprint density at radius 3 is 2.74 bits per heavy atom. The van der Waals surface area contributed by atoms with E-state index in [0.29, 0.717) is 11.8 Å². The van der Waals surface area contributed by atoms with Crippen molar-refractivity contribution in [2.45, 2.75) is 20.0 Å². The lowest BCUT2D eigenvalue weighted by Gasteiger charge is -2.31. The molecule has 0 radical (unpaired) electrons. The number of fused-ring (bicyclic) bond motifs is 3. The van der Waals surface area contributed by atoms with Crippen LogP contribution in [0.1, 0.15) is 13.8 Å². The van der Waals surface area contributed by atoms with Gasteiger partial charge in [-0.05, 0) is 26.0 Å². The molecule has 2 N–H and O–H groups in total. The van der Waals surface area contributed by atoms with Gasteiger partial charge in [0.15, 0.2) is 0 Å². The van der Waals surface area contributed by atoms with Crippen LogP contribution in [0.4, 0.5) is 17.5 Å². The van der Waals surface area contributed by atoms with E-state index in [0.717, 1.165) is 59.6 Å². The topological polar surface area (TPSA) is 93.0 Å². The minimum Gasteiger partial charge on any atom is -0.489 e. The molecule has 4 aromatic rings. The lowest BCUT2D eigenvalue weighted by molar-refractivity contribution is 0.242. The Morgan fingerprint density at radius 1 is 1.10 bits per heavy atom. The number of hydrogen-bond donors (Lipinski definition) is 2. The Kier molecular flexibility index (Phi) is 5.03. The lowest BCUT2D eigenvalue weighted by Crippen LogP contribution is -2.43. The summed E-state index contributed by atoms with van der Waals surface area (Å²) in [5, 5.41) is 7.59. The predicted molar refractivity (Wildman–Crippen MR) is 122 cm³/mol. The summed E-state index contributed by atoms with van der Waals surface area (Å²) < 4.78 is 8.09. The van der Waals surface area contributed by atoms with Gasteiger partial charge in [0.1, 0.15) is 17.1 Å². The maximum Gasteiger partial charge on any atom is 0.228 e. The van der Waals surface area contributed by atoms with E-state index in [1.54, 1.807) is 6.33 Å². The fourth-order valence-corrected chi connectivity index (χ4v) is 3.89. The van der Waals surface area contributed by atoms with Crippen molar-refractivity contribution in [3.05, 3.63) is 36.9 Å². The van der Waals surface area contributed by atoms with Crippen molar-refractivity contribution < 1.29 is 4.74 Å². The van der Waals surface area contributed by atoms with E-state index in [1.165, 1.54) is 0 Å². The Labute approximate surface area is 180 Å². The van der Waals surface area contributed by atoms with Crippen molar-refractivity contribution in [1.29, 1.82) is 0 Å². The molecular formula is C22H26N8O. The molecule has 31 heavy (non-hydrogen) atoms. The summed E-state index contributed by atoms with van der Waals surface area (Å²) in [6, 6.07) is 5.90. The second-order valence-corrected chi connectivity index (χ2v) is 7.99. The van der Waals surface area contributed by atoms with E-state index < -0.39 is 0 Å². The minimum absolute atomic E-state index is 0.0620. The molecule has 5 rings (SSSR count). The van der Waals surface area contributed by atoms with Gasteiger partial charge in [-0.15, -0.1) is 0 Å². The molecule has 9 heteroatoms. The van der Waals surface area contributed by atoms with Crippen LogP contribution in [-0.4, -0.2) is 56.8 Å². The maximum atomic E-state index is 6.12. The highest BCUT2D eigenvalue weighted by Gasteiger charge is 2.18. The monoisotopic (exact) mass is 418 g/mol. The van der Waals surface area contributed by atoms with E-state index >= 15 is 0 Å². The molecule has 3 aromatic heterocycles. The highest BCUT2D eigenvalue weighted by molar-refractivity contribution is 6.01. The molecule has 0 amide bonds. The van der Waals surface area contributed by atoms with E-state index in [9.17, 15) is 0 Å². The Morgan fingerprint density at radius 2 is 1.94 bits per heavy atom. The van der Waals surface area contributed by atoms with Gasteiger partial charge in [-0.1, -0.05) is 0 Å². The highest BCUT2D eigenvalue weighted by Crippen LogP contribution is 2.32. The summed E-state index contributed by atoms with van der Waals surface area (Å²) in [5.41, 5.74) is 3.75. The second-order valence-electron chi connectivity index (χ2n) is 7.99. The molecule has 1 aromatic carbocycles. The van der Waals surface area contributed by atoms with Gasteiger partial charge < -0.3 is 24.8 Å². The maximum absolute atomic E-state index is 6.12. The van der Waals surface area contributed by atoms with Gasteiger partial charge in [0.05, 0.1) is 35.3 Å². The van der Waals surface area contributed by atoms with Crippen molar-refractivity contribution in [2.24, 2.45) is 7.05 Å². The number of imidazole rings is 1. The number of nitrogens with one attached hydrogen (secondary N) is 2. The third-order valence-electron chi connectivity index (χ3n) is 5.33. The lowest BCUT2D eigenvalue weighted by atomic mass is 10.2. The quantitative estimate of drug-likeness (QED) is 0.511. The molecule has 1 aliphatic heterocycles. The van der Waals surface area contributed by atoms with Crippen LogP contribution < -0.4 is 20.3 Å². The first-order chi connectivity index (χ1) is 15.1. The number of benzene rings is 1. The van der Waals surface area contributed by atoms with Gasteiger partial charge in [0.25, 0.3) is 0 Å². The first-order valence-corrected chi connectivity index (χ1v) is 10.5. The number of piperazine rings is 1. The van der Waals surface area contributed by atoms with Crippen LogP contribution in [0, 0.1) is 0 Å². The van der Waals surface area contributed by atoms with Crippen LogP contribution in [0.3, 0.4) is 0 Å². The molecular weight excluding hydrogens is 392 g/mol.